The zero-order valence-corrected chi connectivity index (χ0v) is 11.5. The molecule has 1 aliphatic carbocycles. The highest BCUT2D eigenvalue weighted by Gasteiger charge is 2.26. The number of amides is 1. The van der Waals surface area contributed by atoms with E-state index in [9.17, 15) is 9.90 Å². The fourth-order valence-electron chi connectivity index (χ4n) is 2.86. The van der Waals surface area contributed by atoms with Gasteiger partial charge in [0.2, 0.25) is 0 Å². The van der Waals surface area contributed by atoms with Crippen LogP contribution < -0.4 is 5.32 Å². The van der Waals surface area contributed by atoms with Crippen molar-refractivity contribution in [1.82, 2.24) is 15.3 Å². The van der Waals surface area contributed by atoms with Gasteiger partial charge in [0.1, 0.15) is 5.52 Å². The van der Waals surface area contributed by atoms with Gasteiger partial charge in [0.15, 0.2) is 0 Å². The Morgan fingerprint density at radius 2 is 2.25 bits per heavy atom. The van der Waals surface area contributed by atoms with Crippen LogP contribution in [0.25, 0.3) is 11.0 Å². The van der Waals surface area contributed by atoms with E-state index in [-0.39, 0.29) is 11.9 Å². The Bertz CT molecular complexity index is 635. The lowest BCUT2D eigenvalue weighted by molar-refractivity contribution is 0.0718. The minimum absolute atomic E-state index is 0.147. The first-order chi connectivity index (χ1) is 9.66. The number of aliphatic hydroxyl groups is 1. The Hall–Kier alpha value is -1.88. The lowest BCUT2D eigenvalue weighted by atomic mass is 9.92. The number of nitrogens with one attached hydrogen (secondary N) is 2. The van der Waals surface area contributed by atoms with Crippen molar-refractivity contribution in [2.45, 2.75) is 44.8 Å². The molecular weight excluding hydrogens is 254 g/mol. The second-order valence-electron chi connectivity index (χ2n) is 5.49. The summed E-state index contributed by atoms with van der Waals surface area (Å²) >= 11 is 0. The minimum Gasteiger partial charge on any atom is -0.391 e. The average Bonchev–Trinajstić information content (AvgIpc) is 2.87. The number of nitrogens with zero attached hydrogens (tertiary/aromatic N) is 1. The molecule has 0 radical (unpaired) electrons. The summed E-state index contributed by atoms with van der Waals surface area (Å²) in [5, 5.41) is 12.9. The molecule has 2 aromatic rings. The molecule has 2 aromatic heterocycles. The SMILES string of the molecule is Cc1ccnc2c(C(=O)NC3CCCCC3O)c[nH]c12. The van der Waals surface area contributed by atoms with E-state index < -0.39 is 6.10 Å². The van der Waals surface area contributed by atoms with Crippen LogP contribution in [0.5, 0.6) is 0 Å². The van der Waals surface area contributed by atoms with Gasteiger partial charge in [-0.1, -0.05) is 12.8 Å². The van der Waals surface area contributed by atoms with E-state index in [1.54, 1.807) is 12.4 Å². The van der Waals surface area contributed by atoms with E-state index in [1.165, 1.54) is 0 Å². The molecule has 3 N–H and O–H groups in total. The normalized spacial score (nSPS) is 22.9. The number of H-pyrrole nitrogens is 1. The Morgan fingerprint density at radius 1 is 1.45 bits per heavy atom. The highest BCUT2D eigenvalue weighted by molar-refractivity contribution is 6.05. The first-order valence-electron chi connectivity index (χ1n) is 7.08. The number of carbonyl (C=O) groups excluding carboxylic acids is 1. The van der Waals surface area contributed by atoms with Crippen molar-refractivity contribution in [1.29, 1.82) is 0 Å². The number of pyridine rings is 1. The topological polar surface area (TPSA) is 78.0 Å². The summed E-state index contributed by atoms with van der Waals surface area (Å²) in [7, 11) is 0. The van der Waals surface area contributed by atoms with E-state index in [1.807, 2.05) is 13.0 Å². The minimum atomic E-state index is -0.437. The van der Waals surface area contributed by atoms with Crippen LogP contribution in [0.1, 0.15) is 41.6 Å². The highest BCUT2D eigenvalue weighted by atomic mass is 16.3. The van der Waals surface area contributed by atoms with Crippen LogP contribution in [0.15, 0.2) is 18.5 Å². The van der Waals surface area contributed by atoms with Crippen molar-refractivity contribution in [2.24, 2.45) is 0 Å². The van der Waals surface area contributed by atoms with Gasteiger partial charge in [0.05, 0.1) is 23.2 Å². The Morgan fingerprint density at radius 3 is 3.05 bits per heavy atom. The molecule has 106 valence electrons. The Balaban J connectivity index is 1.84. The van der Waals surface area contributed by atoms with Crippen molar-refractivity contribution in [2.75, 3.05) is 0 Å². The molecule has 3 rings (SSSR count). The third kappa shape index (κ3) is 2.29. The van der Waals surface area contributed by atoms with Crippen LogP contribution in [0.3, 0.4) is 0 Å². The summed E-state index contributed by atoms with van der Waals surface area (Å²) in [4.78, 5) is 19.7. The van der Waals surface area contributed by atoms with Gasteiger partial charge in [-0.2, -0.15) is 0 Å². The molecule has 2 atom stereocenters. The lowest BCUT2D eigenvalue weighted by Gasteiger charge is -2.28. The monoisotopic (exact) mass is 273 g/mol. The molecule has 1 saturated carbocycles. The number of hydrogen-bond acceptors (Lipinski definition) is 3. The number of carbonyl (C=O) groups is 1. The maximum atomic E-state index is 12.4. The number of aromatic amines is 1. The number of aliphatic hydroxyl groups excluding tert-OH is 1. The Kier molecular flexibility index (Phi) is 3.44. The smallest absolute Gasteiger partial charge is 0.255 e. The fraction of sp³-hybridized carbons (Fsp3) is 0.467. The largest absolute Gasteiger partial charge is 0.391 e. The molecule has 0 aromatic carbocycles. The summed E-state index contributed by atoms with van der Waals surface area (Å²) in [6, 6.07) is 1.76. The molecule has 0 aliphatic heterocycles. The van der Waals surface area contributed by atoms with Gasteiger partial charge < -0.3 is 15.4 Å². The summed E-state index contributed by atoms with van der Waals surface area (Å²) in [6.07, 6.45) is 6.63. The summed E-state index contributed by atoms with van der Waals surface area (Å²) < 4.78 is 0. The van der Waals surface area contributed by atoms with Gasteiger partial charge in [-0.3, -0.25) is 9.78 Å². The molecule has 20 heavy (non-hydrogen) atoms. The quantitative estimate of drug-likeness (QED) is 0.782. The molecule has 2 unspecified atom stereocenters. The van der Waals surface area contributed by atoms with Crippen LogP contribution in [0.4, 0.5) is 0 Å². The first kappa shape index (κ1) is 13.1. The predicted octanol–water partition coefficient (Wildman–Crippen LogP) is 1.90. The van der Waals surface area contributed by atoms with Gasteiger partial charge in [-0.05, 0) is 31.4 Å². The number of aryl methyl sites for hydroxylation is 1. The molecule has 1 amide bonds. The maximum Gasteiger partial charge on any atom is 0.255 e. The van der Waals surface area contributed by atoms with Gasteiger partial charge in [-0.15, -0.1) is 0 Å². The van der Waals surface area contributed by atoms with E-state index in [4.69, 9.17) is 0 Å². The maximum absolute atomic E-state index is 12.4. The number of aromatic nitrogens is 2. The Labute approximate surface area is 117 Å². The van der Waals surface area contributed by atoms with Crippen molar-refractivity contribution in [3.05, 3.63) is 29.6 Å². The molecular formula is C15H19N3O2. The zero-order chi connectivity index (χ0) is 14.1. The molecule has 5 heteroatoms. The van der Waals surface area contributed by atoms with Gasteiger partial charge in [-0.25, -0.2) is 0 Å². The van der Waals surface area contributed by atoms with E-state index in [2.05, 4.69) is 15.3 Å². The molecule has 5 nitrogen and oxygen atoms in total. The lowest BCUT2D eigenvalue weighted by Crippen LogP contribution is -2.45. The summed E-state index contributed by atoms with van der Waals surface area (Å²) in [6.45, 7) is 1.98. The van der Waals surface area contributed by atoms with Crippen LogP contribution in [-0.4, -0.2) is 33.1 Å². The number of fused-ring (bicyclic) bond motifs is 1. The molecule has 0 spiro atoms. The first-order valence-corrected chi connectivity index (χ1v) is 7.08. The second kappa shape index (κ2) is 5.25. The van der Waals surface area contributed by atoms with Crippen LogP contribution in [-0.2, 0) is 0 Å². The van der Waals surface area contributed by atoms with Crippen LogP contribution >= 0.6 is 0 Å². The van der Waals surface area contributed by atoms with Crippen molar-refractivity contribution >= 4 is 16.9 Å². The van der Waals surface area contributed by atoms with Crippen molar-refractivity contribution in [3.63, 3.8) is 0 Å². The summed E-state index contributed by atoms with van der Waals surface area (Å²) in [5.74, 6) is -0.166. The summed E-state index contributed by atoms with van der Waals surface area (Å²) in [5.41, 5.74) is 3.18. The van der Waals surface area contributed by atoms with Crippen molar-refractivity contribution in [3.8, 4) is 0 Å². The average molecular weight is 273 g/mol. The van der Waals surface area contributed by atoms with Gasteiger partial charge >= 0.3 is 0 Å². The van der Waals surface area contributed by atoms with E-state index in [0.29, 0.717) is 11.1 Å². The fourth-order valence-corrected chi connectivity index (χ4v) is 2.86. The van der Waals surface area contributed by atoms with E-state index in [0.717, 1.165) is 36.8 Å². The molecule has 0 bridgehead atoms. The number of rotatable bonds is 2. The van der Waals surface area contributed by atoms with Gasteiger partial charge in [0.25, 0.3) is 5.91 Å². The highest BCUT2D eigenvalue weighted by Crippen LogP contribution is 2.21. The third-order valence-electron chi connectivity index (χ3n) is 4.07. The number of hydrogen-bond donors (Lipinski definition) is 3. The molecule has 2 heterocycles. The van der Waals surface area contributed by atoms with Gasteiger partial charge in [0, 0.05) is 12.4 Å². The van der Waals surface area contributed by atoms with Crippen LogP contribution in [0.2, 0.25) is 0 Å². The zero-order valence-electron chi connectivity index (χ0n) is 11.5. The van der Waals surface area contributed by atoms with Crippen molar-refractivity contribution < 1.29 is 9.90 Å². The standard InChI is InChI=1S/C15H19N3O2/c1-9-6-7-16-14-10(8-17-13(9)14)15(20)18-11-4-2-3-5-12(11)19/h6-8,11-12,17,19H,2-5H2,1H3,(H,18,20). The second-order valence-corrected chi connectivity index (χ2v) is 5.49. The molecule has 1 aliphatic rings. The van der Waals surface area contributed by atoms with Crippen LogP contribution in [0, 0.1) is 6.92 Å². The van der Waals surface area contributed by atoms with E-state index >= 15 is 0 Å². The molecule has 0 saturated heterocycles. The molecule has 1 fully saturated rings. The predicted molar refractivity (Wildman–Crippen MR) is 76.6 cm³/mol. The third-order valence-corrected chi connectivity index (χ3v) is 4.07.